The van der Waals surface area contributed by atoms with Crippen molar-refractivity contribution >= 4 is 21.3 Å². The van der Waals surface area contributed by atoms with E-state index in [9.17, 15) is 26.0 Å². The summed E-state index contributed by atoms with van der Waals surface area (Å²) in [5.41, 5.74) is -5.22. The van der Waals surface area contributed by atoms with Crippen molar-refractivity contribution in [3.63, 3.8) is 0 Å². The van der Waals surface area contributed by atoms with Crippen LogP contribution in [0.1, 0.15) is 5.69 Å². The topological polar surface area (TPSA) is 96.9 Å². The molecule has 1 aliphatic rings. The molecule has 0 spiro atoms. The molecule has 0 amide bonds. The summed E-state index contributed by atoms with van der Waals surface area (Å²) in [6.07, 6.45) is -0.189. The monoisotopic (exact) mass is 420 g/mol. The summed E-state index contributed by atoms with van der Waals surface area (Å²) in [4.78, 5) is 1.52. The van der Waals surface area contributed by atoms with Crippen LogP contribution in [0.4, 0.5) is 23.2 Å². The molecule has 0 unspecified atom stereocenters. The Morgan fingerprint density at radius 2 is 2.14 bits per heavy atom. The lowest BCUT2D eigenvalue weighted by molar-refractivity contribution is -0.0572. The number of aromatic nitrogens is 2. The number of morpholine rings is 1. The minimum atomic E-state index is -5.78. The van der Waals surface area contributed by atoms with Gasteiger partial charge in [0.1, 0.15) is 35.7 Å². The fraction of sp³-hybridized carbons (Fsp3) is 0.333. The number of halogens is 4. The number of hydrogen-bond acceptors (Lipinski definition) is 7. The van der Waals surface area contributed by atoms with Crippen LogP contribution >= 0.6 is 0 Å². The van der Waals surface area contributed by atoms with E-state index in [2.05, 4.69) is 15.9 Å². The third-order valence-corrected chi connectivity index (χ3v) is 4.88. The first-order valence-corrected chi connectivity index (χ1v) is 9.05. The summed E-state index contributed by atoms with van der Waals surface area (Å²) in [6.45, 7) is 2.64. The number of rotatable bonds is 4. The molecule has 13 heteroatoms. The van der Waals surface area contributed by atoms with Crippen LogP contribution in [0.15, 0.2) is 30.7 Å². The first-order chi connectivity index (χ1) is 13.0. The number of nitriles is 1. The van der Waals surface area contributed by atoms with Gasteiger partial charge in [0.15, 0.2) is 5.82 Å². The number of nitrogens with zero attached hydrogens (tertiary/aromatic N) is 4. The standard InChI is InChI=1S/C15H12F4N4O4S/c1-9-6-22(7-11(27-9)8-26-28(24,25)15(17,18)19)13-3-2-10(4-20)23-14(13)12(16)5-21-23/h2-3,5,11H,1,6-8H2/t11-/m1/s1. The van der Waals surface area contributed by atoms with Crippen molar-refractivity contribution in [3.05, 3.63) is 42.2 Å². The molecule has 0 aromatic carbocycles. The van der Waals surface area contributed by atoms with Crippen LogP contribution < -0.4 is 4.90 Å². The summed E-state index contributed by atoms with van der Waals surface area (Å²) in [5, 5.41) is 12.9. The molecule has 3 rings (SSSR count). The summed E-state index contributed by atoms with van der Waals surface area (Å²) < 4.78 is 83.9. The quantitative estimate of drug-likeness (QED) is 0.424. The Hall–Kier alpha value is -2.85. The second kappa shape index (κ2) is 6.95. The molecule has 1 atom stereocenters. The number of ether oxygens (including phenoxy) is 1. The van der Waals surface area contributed by atoms with Crippen LogP contribution in [-0.4, -0.2) is 49.3 Å². The van der Waals surface area contributed by atoms with Crippen molar-refractivity contribution in [2.45, 2.75) is 11.6 Å². The minimum Gasteiger partial charge on any atom is -0.489 e. The predicted molar refractivity (Wildman–Crippen MR) is 87.0 cm³/mol. The molecule has 8 nitrogen and oxygen atoms in total. The van der Waals surface area contributed by atoms with Gasteiger partial charge >= 0.3 is 15.6 Å². The summed E-state index contributed by atoms with van der Waals surface area (Å²) in [7, 11) is -5.78. The summed E-state index contributed by atoms with van der Waals surface area (Å²) in [5.74, 6) is -0.594. The van der Waals surface area contributed by atoms with Gasteiger partial charge < -0.3 is 9.64 Å². The molecular formula is C15H12F4N4O4S. The Morgan fingerprint density at radius 1 is 1.43 bits per heavy atom. The van der Waals surface area contributed by atoms with E-state index in [1.165, 1.54) is 17.0 Å². The zero-order chi connectivity index (χ0) is 20.7. The van der Waals surface area contributed by atoms with E-state index < -0.39 is 34.2 Å². The minimum absolute atomic E-state index is 0.0173. The van der Waals surface area contributed by atoms with Crippen LogP contribution in [-0.2, 0) is 19.0 Å². The van der Waals surface area contributed by atoms with E-state index in [-0.39, 0.29) is 35.7 Å². The number of alkyl halides is 3. The smallest absolute Gasteiger partial charge is 0.489 e. The lowest BCUT2D eigenvalue weighted by atomic mass is 10.2. The molecule has 1 saturated heterocycles. The van der Waals surface area contributed by atoms with Gasteiger partial charge in [-0.15, -0.1) is 0 Å². The van der Waals surface area contributed by atoms with E-state index in [4.69, 9.17) is 10.00 Å². The Morgan fingerprint density at radius 3 is 2.79 bits per heavy atom. The van der Waals surface area contributed by atoms with Crippen LogP contribution in [0.25, 0.3) is 5.52 Å². The summed E-state index contributed by atoms with van der Waals surface area (Å²) >= 11 is 0. The maximum atomic E-state index is 14.2. The van der Waals surface area contributed by atoms with Gasteiger partial charge in [0.05, 0.1) is 25.0 Å². The second-order valence-electron chi connectivity index (χ2n) is 5.81. The Labute approximate surface area is 156 Å². The molecule has 2 aromatic rings. The van der Waals surface area contributed by atoms with Gasteiger partial charge in [0, 0.05) is 0 Å². The number of anilines is 1. The number of pyridine rings is 1. The molecule has 150 valence electrons. The molecule has 0 radical (unpaired) electrons. The third-order valence-electron chi connectivity index (χ3n) is 3.87. The van der Waals surface area contributed by atoms with E-state index in [1.54, 1.807) is 0 Å². The van der Waals surface area contributed by atoms with Crippen molar-refractivity contribution in [3.8, 4) is 6.07 Å². The molecule has 3 heterocycles. The first-order valence-electron chi connectivity index (χ1n) is 7.65. The van der Waals surface area contributed by atoms with E-state index >= 15 is 0 Å². The Kier molecular flexibility index (Phi) is 4.94. The molecule has 0 saturated carbocycles. The van der Waals surface area contributed by atoms with E-state index in [0.29, 0.717) is 0 Å². The van der Waals surface area contributed by atoms with E-state index in [0.717, 1.165) is 10.7 Å². The molecule has 2 aromatic heterocycles. The van der Waals surface area contributed by atoms with Crippen molar-refractivity contribution in [2.75, 3.05) is 24.6 Å². The highest BCUT2D eigenvalue weighted by Crippen LogP contribution is 2.30. The first kappa shape index (κ1) is 19.9. The summed E-state index contributed by atoms with van der Waals surface area (Å²) in [6, 6.07) is 4.70. The van der Waals surface area contributed by atoms with Gasteiger partial charge in [-0.1, -0.05) is 6.58 Å². The Bertz CT molecular complexity index is 1070. The van der Waals surface area contributed by atoms with Gasteiger partial charge in [-0.2, -0.15) is 31.9 Å². The zero-order valence-electron chi connectivity index (χ0n) is 14.0. The van der Waals surface area contributed by atoms with Gasteiger partial charge in [0.25, 0.3) is 0 Å². The normalized spacial score (nSPS) is 18.2. The lowest BCUT2D eigenvalue weighted by Gasteiger charge is -2.36. The molecular weight excluding hydrogens is 408 g/mol. The number of fused-ring (bicyclic) bond motifs is 1. The molecule has 28 heavy (non-hydrogen) atoms. The average molecular weight is 420 g/mol. The van der Waals surface area contributed by atoms with Gasteiger partial charge in [-0.05, 0) is 12.1 Å². The molecule has 1 fully saturated rings. The highest BCUT2D eigenvalue weighted by Gasteiger charge is 2.47. The van der Waals surface area contributed by atoms with Crippen molar-refractivity contribution in [1.82, 2.24) is 9.61 Å². The van der Waals surface area contributed by atoms with Crippen LogP contribution in [0.3, 0.4) is 0 Å². The predicted octanol–water partition coefficient (Wildman–Crippen LogP) is 1.93. The fourth-order valence-corrected chi connectivity index (χ4v) is 3.19. The average Bonchev–Trinajstić information content (AvgIpc) is 3.00. The maximum Gasteiger partial charge on any atom is 0.523 e. The molecule has 0 aliphatic carbocycles. The highest BCUT2D eigenvalue weighted by atomic mass is 32.2. The molecule has 1 aliphatic heterocycles. The van der Waals surface area contributed by atoms with Crippen LogP contribution in [0.2, 0.25) is 0 Å². The van der Waals surface area contributed by atoms with Crippen molar-refractivity contribution < 1.29 is 34.9 Å². The molecule has 0 bridgehead atoms. The Balaban J connectivity index is 1.87. The van der Waals surface area contributed by atoms with Crippen LogP contribution in [0, 0.1) is 17.1 Å². The SMILES string of the molecule is C=C1CN(c2ccc(C#N)n3ncc(F)c23)C[C@H](COS(=O)(=O)C(F)(F)F)O1. The number of hydrogen-bond donors (Lipinski definition) is 0. The zero-order valence-corrected chi connectivity index (χ0v) is 14.8. The van der Waals surface area contributed by atoms with Gasteiger partial charge in [-0.25, -0.2) is 8.91 Å². The third kappa shape index (κ3) is 3.60. The van der Waals surface area contributed by atoms with Crippen molar-refractivity contribution in [1.29, 1.82) is 5.26 Å². The molecule has 0 N–H and O–H groups in total. The lowest BCUT2D eigenvalue weighted by Crippen LogP contribution is -2.44. The highest BCUT2D eigenvalue weighted by molar-refractivity contribution is 7.87. The maximum absolute atomic E-state index is 14.2. The fourth-order valence-electron chi connectivity index (χ4n) is 2.73. The van der Waals surface area contributed by atoms with Crippen molar-refractivity contribution in [2.24, 2.45) is 0 Å². The largest absolute Gasteiger partial charge is 0.523 e. The van der Waals surface area contributed by atoms with Gasteiger partial charge in [0.2, 0.25) is 0 Å². The van der Waals surface area contributed by atoms with Gasteiger partial charge in [-0.3, -0.25) is 4.18 Å². The van der Waals surface area contributed by atoms with Crippen LogP contribution in [0.5, 0.6) is 0 Å². The second-order valence-corrected chi connectivity index (χ2v) is 7.42. The van der Waals surface area contributed by atoms with E-state index in [1.807, 2.05) is 6.07 Å².